The normalized spacial score (nSPS) is 23.3. The van der Waals surface area contributed by atoms with Crippen molar-refractivity contribution < 1.29 is 19.4 Å². The van der Waals surface area contributed by atoms with E-state index in [9.17, 15) is 9.90 Å². The number of carboxylic acids is 1. The average molecular weight is 331 g/mol. The highest BCUT2D eigenvalue weighted by Gasteiger charge is 2.51. The van der Waals surface area contributed by atoms with Crippen LogP contribution in [-0.2, 0) is 19.7 Å². The first-order valence-electron chi connectivity index (χ1n) is 6.94. The first kappa shape index (κ1) is 15.1. The van der Waals surface area contributed by atoms with Gasteiger partial charge >= 0.3 is 5.97 Å². The second kappa shape index (κ2) is 5.43. The lowest BCUT2D eigenvalue weighted by atomic mass is 9.67. The summed E-state index contributed by atoms with van der Waals surface area (Å²) in [6, 6.07) is 4.99. The lowest BCUT2D eigenvalue weighted by molar-refractivity contribution is -0.189. The summed E-state index contributed by atoms with van der Waals surface area (Å²) in [6.07, 6.45) is 1.98. The number of halogens is 2. The molecule has 1 aliphatic heterocycles. The van der Waals surface area contributed by atoms with Gasteiger partial charge in [-0.15, -0.1) is 0 Å². The van der Waals surface area contributed by atoms with Crippen LogP contribution in [0.1, 0.15) is 31.2 Å². The highest BCUT2D eigenvalue weighted by Crippen LogP contribution is 2.48. The Labute approximate surface area is 132 Å². The number of aliphatic carboxylic acids is 1. The summed E-state index contributed by atoms with van der Waals surface area (Å²) in [5.41, 5.74) is -0.378. The van der Waals surface area contributed by atoms with Gasteiger partial charge in [0.05, 0.1) is 18.6 Å². The summed E-state index contributed by atoms with van der Waals surface area (Å²) in [7, 11) is 0. The van der Waals surface area contributed by atoms with Gasteiger partial charge < -0.3 is 14.6 Å². The third-order valence-corrected chi connectivity index (χ3v) is 5.08. The summed E-state index contributed by atoms with van der Waals surface area (Å²) in [4.78, 5) is 11.9. The predicted molar refractivity (Wildman–Crippen MR) is 78.9 cm³/mol. The molecule has 0 radical (unpaired) electrons. The standard InChI is InChI=1S/C15H16Cl2O4/c16-10-1-2-11(12(17)9-10)14(13(18)19)3-5-15(6-4-14)20-7-8-21-15/h1-2,9H,3-8H2,(H,18,19). The van der Waals surface area contributed by atoms with Crippen molar-refractivity contribution in [3.63, 3.8) is 0 Å². The van der Waals surface area contributed by atoms with Crippen LogP contribution in [0.2, 0.25) is 10.0 Å². The van der Waals surface area contributed by atoms with Gasteiger partial charge in [0.25, 0.3) is 0 Å². The van der Waals surface area contributed by atoms with E-state index in [1.54, 1.807) is 18.2 Å². The first-order valence-corrected chi connectivity index (χ1v) is 7.70. The Bertz CT molecular complexity index is 557. The SMILES string of the molecule is O=C(O)C1(c2ccc(Cl)cc2Cl)CCC2(CC1)OCCO2. The van der Waals surface area contributed by atoms with Crippen LogP contribution in [0.4, 0.5) is 0 Å². The van der Waals surface area contributed by atoms with Gasteiger partial charge in [-0.1, -0.05) is 29.3 Å². The number of rotatable bonds is 2. The molecular formula is C15H16Cl2O4. The zero-order valence-corrected chi connectivity index (χ0v) is 12.9. The molecule has 1 aliphatic carbocycles. The van der Waals surface area contributed by atoms with Gasteiger partial charge in [0.2, 0.25) is 0 Å². The van der Waals surface area contributed by atoms with Crippen LogP contribution in [0.15, 0.2) is 18.2 Å². The minimum absolute atomic E-state index is 0.397. The molecule has 4 nitrogen and oxygen atoms in total. The van der Waals surface area contributed by atoms with Gasteiger partial charge in [0.15, 0.2) is 5.79 Å². The Morgan fingerprint density at radius 2 is 1.71 bits per heavy atom. The van der Waals surface area contributed by atoms with Gasteiger partial charge in [0.1, 0.15) is 0 Å². The van der Waals surface area contributed by atoms with E-state index in [2.05, 4.69) is 0 Å². The number of ether oxygens (including phenoxy) is 2. The van der Waals surface area contributed by atoms with Crippen molar-refractivity contribution in [1.82, 2.24) is 0 Å². The number of carboxylic acid groups (broad SMARTS) is 1. The Morgan fingerprint density at radius 1 is 1.10 bits per heavy atom. The molecule has 1 saturated heterocycles. The van der Waals surface area contributed by atoms with Crippen LogP contribution in [0, 0.1) is 0 Å². The smallest absolute Gasteiger partial charge is 0.314 e. The van der Waals surface area contributed by atoms with Crippen molar-refractivity contribution in [3.05, 3.63) is 33.8 Å². The highest BCUT2D eigenvalue weighted by atomic mass is 35.5. The van der Waals surface area contributed by atoms with Crippen molar-refractivity contribution in [2.45, 2.75) is 36.9 Å². The molecule has 2 aliphatic rings. The maximum Gasteiger partial charge on any atom is 0.314 e. The molecule has 1 saturated carbocycles. The Balaban J connectivity index is 1.93. The molecule has 1 heterocycles. The fourth-order valence-corrected chi connectivity index (χ4v) is 3.91. The molecule has 1 spiro atoms. The van der Waals surface area contributed by atoms with Gasteiger partial charge in [-0.3, -0.25) is 4.79 Å². The lowest BCUT2D eigenvalue weighted by Crippen LogP contribution is -2.46. The molecule has 0 unspecified atom stereocenters. The zero-order chi connectivity index (χ0) is 15.1. The van der Waals surface area contributed by atoms with Crippen molar-refractivity contribution in [2.24, 2.45) is 0 Å². The minimum atomic E-state index is -0.998. The van der Waals surface area contributed by atoms with E-state index in [4.69, 9.17) is 32.7 Å². The molecule has 1 aromatic rings. The quantitative estimate of drug-likeness (QED) is 0.899. The lowest BCUT2D eigenvalue weighted by Gasteiger charge is -2.41. The van der Waals surface area contributed by atoms with Gasteiger partial charge in [0, 0.05) is 22.9 Å². The van der Waals surface area contributed by atoms with Crippen LogP contribution in [0.3, 0.4) is 0 Å². The molecular weight excluding hydrogens is 315 g/mol. The Morgan fingerprint density at radius 3 is 2.24 bits per heavy atom. The number of carbonyl (C=O) groups is 1. The van der Waals surface area contributed by atoms with Crippen molar-refractivity contribution in [1.29, 1.82) is 0 Å². The molecule has 1 N–H and O–H groups in total. The number of benzene rings is 1. The zero-order valence-electron chi connectivity index (χ0n) is 11.4. The fourth-order valence-electron chi connectivity index (χ4n) is 3.32. The molecule has 0 amide bonds. The Hall–Kier alpha value is -0.810. The van der Waals surface area contributed by atoms with Crippen molar-refractivity contribution >= 4 is 29.2 Å². The average Bonchev–Trinajstić information content (AvgIpc) is 2.89. The van der Waals surface area contributed by atoms with E-state index >= 15 is 0 Å². The number of hydrogen-bond acceptors (Lipinski definition) is 3. The molecule has 2 fully saturated rings. The molecule has 0 bridgehead atoms. The summed E-state index contributed by atoms with van der Waals surface area (Å²) in [6.45, 7) is 1.14. The van der Waals surface area contributed by atoms with Crippen molar-refractivity contribution in [3.8, 4) is 0 Å². The summed E-state index contributed by atoms with van der Waals surface area (Å²) >= 11 is 12.1. The largest absolute Gasteiger partial charge is 0.481 e. The van der Waals surface area contributed by atoms with Gasteiger partial charge in [-0.25, -0.2) is 0 Å². The highest BCUT2D eigenvalue weighted by molar-refractivity contribution is 6.35. The van der Waals surface area contributed by atoms with Crippen LogP contribution in [0.5, 0.6) is 0 Å². The van der Waals surface area contributed by atoms with Gasteiger partial charge in [-0.05, 0) is 30.5 Å². The van der Waals surface area contributed by atoms with Gasteiger partial charge in [-0.2, -0.15) is 0 Å². The third kappa shape index (κ3) is 2.55. The monoisotopic (exact) mass is 330 g/mol. The van der Waals surface area contributed by atoms with E-state index in [0.717, 1.165) is 0 Å². The Kier molecular flexibility index (Phi) is 3.91. The van der Waals surface area contributed by atoms with E-state index < -0.39 is 17.2 Å². The predicted octanol–water partition coefficient (Wildman–Crippen LogP) is 3.63. The molecule has 6 heteroatoms. The van der Waals surface area contributed by atoms with Crippen LogP contribution in [0.25, 0.3) is 0 Å². The molecule has 3 rings (SSSR count). The first-order chi connectivity index (χ1) is 9.97. The van der Waals surface area contributed by atoms with E-state index in [1.165, 1.54) is 0 Å². The summed E-state index contributed by atoms with van der Waals surface area (Å²) in [5.74, 6) is -1.46. The fraction of sp³-hybridized carbons (Fsp3) is 0.533. The molecule has 114 valence electrons. The second-order valence-corrected chi connectivity index (χ2v) is 6.46. The van der Waals surface area contributed by atoms with Crippen LogP contribution >= 0.6 is 23.2 Å². The summed E-state index contributed by atoms with van der Waals surface area (Å²) in [5, 5.41) is 10.7. The second-order valence-electron chi connectivity index (χ2n) is 5.62. The number of hydrogen-bond donors (Lipinski definition) is 1. The van der Waals surface area contributed by atoms with E-state index in [1.807, 2.05) is 0 Å². The third-order valence-electron chi connectivity index (χ3n) is 4.53. The molecule has 1 aromatic carbocycles. The van der Waals surface area contributed by atoms with E-state index in [0.29, 0.717) is 54.5 Å². The maximum atomic E-state index is 11.9. The summed E-state index contributed by atoms with van der Waals surface area (Å²) < 4.78 is 11.3. The topological polar surface area (TPSA) is 55.8 Å². The van der Waals surface area contributed by atoms with Crippen LogP contribution in [-0.4, -0.2) is 30.1 Å². The molecule has 0 atom stereocenters. The van der Waals surface area contributed by atoms with Crippen LogP contribution < -0.4 is 0 Å². The van der Waals surface area contributed by atoms with E-state index in [-0.39, 0.29) is 0 Å². The molecule has 21 heavy (non-hydrogen) atoms. The van der Waals surface area contributed by atoms with Crippen molar-refractivity contribution in [2.75, 3.05) is 13.2 Å². The maximum absolute atomic E-state index is 11.9. The molecule has 0 aromatic heterocycles. The minimum Gasteiger partial charge on any atom is -0.481 e.